The van der Waals surface area contributed by atoms with Gasteiger partial charge in [-0.2, -0.15) is 0 Å². The number of hydrogen-bond donors (Lipinski definition) is 2. The lowest BCUT2D eigenvalue weighted by molar-refractivity contribution is -0.122. The van der Waals surface area contributed by atoms with Crippen LogP contribution in [0.3, 0.4) is 0 Å². The lowest BCUT2D eigenvalue weighted by Crippen LogP contribution is -2.36. The maximum absolute atomic E-state index is 11.8. The van der Waals surface area contributed by atoms with Crippen LogP contribution in [0.1, 0.15) is 46.5 Å². The lowest BCUT2D eigenvalue weighted by atomic mass is 9.94. The average Bonchev–Trinajstić information content (AvgIpc) is 2.17. The van der Waals surface area contributed by atoms with Crippen LogP contribution >= 0.6 is 0 Å². The van der Waals surface area contributed by atoms with E-state index in [4.69, 9.17) is 0 Å². The zero-order valence-corrected chi connectivity index (χ0v) is 10.9. The molecule has 16 heavy (non-hydrogen) atoms. The van der Waals surface area contributed by atoms with Gasteiger partial charge in [0.15, 0.2) is 0 Å². The van der Waals surface area contributed by atoms with Crippen molar-refractivity contribution in [3.63, 3.8) is 0 Å². The van der Waals surface area contributed by atoms with Crippen molar-refractivity contribution in [1.82, 2.24) is 10.6 Å². The molecular weight excluding hydrogens is 200 g/mol. The van der Waals surface area contributed by atoms with Gasteiger partial charge in [-0.05, 0) is 51.1 Å². The third kappa shape index (κ3) is 5.50. The molecule has 1 amide bonds. The monoisotopic (exact) mass is 226 g/mol. The number of nitrogens with one attached hydrogen (secondary N) is 2. The molecule has 3 heteroatoms. The molecule has 1 unspecified atom stereocenters. The fourth-order valence-electron chi connectivity index (χ4n) is 2.45. The summed E-state index contributed by atoms with van der Waals surface area (Å²) in [6.45, 7) is 8.62. The predicted molar refractivity (Wildman–Crippen MR) is 67.3 cm³/mol. The van der Waals surface area contributed by atoms with E-state index in [0.717, 1.165) is 32.4 Å². The van der Waals surface area contributed by atoms with E-state index >= 15 is 0 Å². The van der Waals surface area contributed by atoms with E-state index in [-0.39, 0.29) is 5.91 Å². The SMILES string of the molecule is CC(C)CC(C)NC(=O)CC1CCNCC1. The van der Waals surface area contributed by atoms with Crippen molar-refractivity contribution in [3.05, 3.63) is 0 Å². The third-order valence-corrected chi connectivity index (χ3v) is 3.17. The van der Waals surface area contributed by atoms with Crippen LogP contribution < -0.4 is 10.6 Å². The minimum absolute atomic E-state index is 0.236. The number of hydrogen-bond acceptors (Lipinski definition) is 2. The maximum atomic E-state index is 11.8. The number of carbonyl (C=O) groups is 1. The molecule has 2 N–H and O–H groups in total. The van der Waals surface area contributed by atoms with Gasteiger partial charge < -0.3 is 10.6 Å². The van der Waals surface area contributed by atoms with Crippen LogP contribution in [-0.4, -0.2) is 25.0 Å². The molecule has 1 aliphatic rings. The van der Waals surface area contributed by atoms with E-state index in [1.165, 1.54) is 0 Å². The Morgan fingerprint density at radius 2 is 1.94 bits per heavy atom. The fraction of sp³-hybridized carbons (Fsp3) is 0.923. The first-order valence-corrected chi connectivity index (χ1v) is 6.58. The molecule has 0 aromatic carbocycles. The molecule has 1 aliphatic heterocycles. The number of carbonyl (C=O) groups excluding carboxylic acids is 1. The van der Waals surface area contributed by atoms with Gasteiger partial charge in [0, 0.05) is 12.5 Å². The Bertz CT molecular complexity index is 210. The largest absolute Gasteiger partial charge is 0.354 e. The smallest absolute Gasteiger partial charge is 0.220 e. The van der Waals surface area contributed by atoms with Crippen LogP contribution in [-0.2, 0) is 4.79 Å². The number of amides is 1. The van der Waals surface area contributed by atoms with Crippen LogP contribution in [0.15, 0.2) is 0 Å². The Morgan fingerprint density at radius 1 is 1.31 bits per heavy atom. The van der Waals surface area contributed by atoms with Crippen molar-refractivity contribution in [3.8, 4) is 0 Å². The minimum atomic E-state index is 0.236. The van der Waals surface area contributed by atoms with Crippen LogP contribution in [0, 0.1) is 11.8 Å². The van der Waals surface area contributed by atoms with Gasteiger partial charge in [0.25, 0.3) is 0 Å². The zero-order valence-electron chi connectivity index (χ0n) is 10.9. The first-order valence-electron chi connectivity index (χ1n) is 6.58. The molecule has 0 spiro atoms. The van der Waals surface area contributed by atoms with E-state index in [9.17, 15) is 4.79 Å². The van der Waals surface area contributed by atoms with Crippen molar-refractivity contribution in [1.29, 1.82) is 0 Å². The van der Waals surface area contributed by atoms with Crippen LogP contribution in [0.25, 0.3) is 0 Å². The molecule has 1 saturated heterocycles. The molecular formula is C13H26N2O. The normalized spacial score (nSPS) is 19.8. The summed E-state index contributed by atoms with van der Waals surface area (Å²) in [4.78, 5) is 11.8. The van der Waals surface area contributed by atoms with Crippen LogP contribution in [0.2, 0.25) is 0 Å². The topological polar surface area (TPSA) is 41.1 Å². The van der Waals surface area contributed by atoms with Crippen molar-refractivity contribution in [2.24, 2.45) is 11.8 Å². The second-order valence-corrected chi connectivity index (χ2v) is 5.50. The summed E-state index contributed by atoms with van der Waals surface area (Å²) in [5, 5.41) is 6.42. The summed E-state index contributed by atoms with van der Waals surface area (Å²) in [7, 11) is 0. The lowest BCUT2D eigenvalue weighted by Gasteiger charge is -2.23. The Balaban J connectivity index is 2.18. The molecule has 0 saturated carbocycles. The second-order valence-electron chi connectivity index (χ2n) is 5.50. The zero-order chi connectivity index (χ0) is 12.0. The highest BCUT2D eigenvalue weighted by Crippen LogP contribution is 2.15. The van der Waals surface area contributed by atoms with Gasteiger partial charge in [0.2, 0.25) is 5.91 Å². The molecule has 1 rings (SSSR count). The highest BCUT2D eigenvalue weighted by molar-refractivity contribution is 5.76. The van der Waals surface area contributed by atoms with Gasteiger partial charge >= 0.3 is 0 Å². The van der Waals surface area contributed by atoms with Gasteiger partial charge in [-0.15, -0.1) is 0 Å². The summed E-state index contributed by atoms with van der Waals surface area (Å²) in [6, 6.07) is 0.314. The minimum Gasteiger partial charge on any atom is -0.354 e. The van der Waals surface area contributed by atoms with E-state index in [1.807, 2.05) is 0 Å². The molecule has 0 aliphatic carbocycles. The van der Waals surface area contributed by atoms with Gasteiger partial charge in [-0.1, -0.05) is 13.8 Å². The van der Waals surface area contributed by atoms with Gasteiger partial charge in [0.05, 0.1) is 0 Å². The fourth-order valence-corrected chi connectivity index (χ4v) is 2.45. The Labute approximate surface area is 99.4 Å². The standard InChI is InChI=1S/C13H26N2O/c1-10(2)8-11(3)15-13(16)9-12-4-6-14-7-5-12/h10-12,14H,4-9H2,1-3H3,(H,15,16). The molecule has 0 aromatic rings. The molecule has 3 nitrogen and oxygen atoms in total. The average molecular weight is 226 g/mol. The van der Waals surface area contributed by atoms with E-state index in [0.29, 0.717) is 24.3 Å². The van der Waals surface area contributed by atoms with Crippen molar-refractivity contribution in [2.45, 2.75) is 52.5 Å². The molecule has 1 fully saturated rings. The summed E-state index contributed by atoms with van der Waals surface area (Å²) in [5.74, 6) is 1.47. The third-order valence-electron chi connectivity index (χ3n) is 3.17. The van der Waals surface area contributed by atoms with Crippen LogP contribution in [0.4, 0.5) is 0 Å². The maximum Gasteiger partial charge on any atom is 0.220 e. The number of piperidine rings is 1. The van der Waals surface area contributed by atoms with Crippen molar-refractivity contribution in [2.75, 3.05) is 13.1 Å². The van der Waals surface area contributed by atoms with E-state index in [2.05, 4.69) is 31.4 Å². The molecule has 1 atom stereocenters. The van der Waals surface area contributed by atoms with Crippen LogP contribution in [0.5, 0.6) is 0 Å². The first-order chi connectivity index (χ1) is 7.58. The van der Waals surface area contributed by atoms with Crippen molar-refractivity contribution >= 4 is 5.91 Å². The van der Waals surface area contributed by atoms with E-state index in [1.54, 1.807) is 0 Å². The number of rotatable bonds is 5. The molecule has 94 valence electrons. The molecule has 1 heterocycles. The van der Waals surface area contributed by atoms with Gasteiger partial charge in [-0.3, -0.25) is 4.79 Å². The molecule has 0 aromatic heterocycles. The predicted octanol–water partition coefficient (Wildman–Crippen LogP) is 1.93. The van der Waals surface area contributed by atoms with Gasteiger partial charge in [-0.25, -0.2) is 0 Å². The first kappa shape index (κ1) is 13.5. The van der Waals surface area contributed by atoms with Gasteiger partial charge in [0.1, 0.15) is 0 Å². The summed E-state index contributed by atoms with van der Waals surface area (Å²) < 4.78 is 0. The van der Waals surface area contributed by atoms with E-state index < -0.39 is 0 Å². The Kier molecular flexibility index (Phi) is 5.81. The van der Waals surface area contributed by atoms with Crippen molar-refractivity contribution < 1.29 is 4.79 Å². The second kappa shape index (κ2) is 6.89. The molecule has 0 bridgehead atoms. The Morgan fingerprint density at radius 3 is 2.50 bits per heavy atom. The quantitative estimate of drug-likeness (QED) is 0.752. The molecule has 0 radical (unpaired) electrons. The Hall–Kier alpha value is -0.570. The summed E-state index contributed by atoms with van der Waals surface area (Å²) in [5.41, 5.74) is 0. The highest BCUT2D eigenvalue weighted by Gasteiger charge is 2.17. The summed E-state index contributed by atoms with van der Waals surface area (Å²) in [6.07, 6.45) is 4.07. The highest BCUT2D eigenvalue weighted by atomic mass is 16.1. The summed E-state index contributed by atoms with van der Waals surface area (Å²) >= 11 is 0.